The molecule has 1 aliphatic heterocycles. The van der Waals surface area contributed by atoms with Crippen molar-refractivity contribution in [2.75, 3.05) is 11.9 Å². The van der Waals surface area contributed by atoms with Crippen molar-refractivity contribution >= 4 is 11.6 Å². The highest BCUT2D eigenvalue weighted by Crippen LogP contribution is 2.37. The lowest BCUT2D eigenvalue weighted by Crippen LogP contribution is -2.31. The Labute approximate surface area is 152 Å². The number of rotatable bonds is 4. The molecule has 1 amide bonds. The molecule has 0 radical (unpaired) electrons. The van der Waals surface area contributed by atoms with E-state index in [1.165, 1.54) is 5.56 Å². The zero-order chi connectivity index (χ0) is 17.9. The van der Waals surface area contributed by atoms with E-state index in [9.17, 15) is 4.79 Å². The van der Waals surface area contributed by atoms with E-state index >= 15 is 0 Å². The molecule has 5 heteroatoms. The van der Waals surface area contributed by atoms with Gasteiger partial charge in [0.15, 0.2) is 0 Å². The molecule has 0 atom stereocenters. The standard InChI is InChI=1S/C21H19N3O2/c1-24-20(25)9-8-16-5-4-6-18(21(16)24)17-11-15(12-22-13-17)14-26-19-7-2-3-10-23-19/h2-7,10-13H,8-9,14H2,1H3. The molecule has 1 aromatic carbocycles. The average molecular weight is 345 g/mol. The summed E-state index contributed by atoms with van der Waals surface area (Å²) in [5.74, 6) is 0.730. The molecule has 4 rings (SSSR count). The number of pyridine rings is 2. The minimum Gasteiger partial charge on any atom is -0.473 e. The van der Waals surface area contributed by atoms with Gasteiger partial charge in [0, 0.05) is 54.8 Å². The molecule has 3 aromatic rings. The second-order valence-electron chi connectivity index (χ2n) is 6.30. The number of nitrogens with zero attached hydrogens (tertiary/aromatic N) is 3. The third-order valence-electron chi connectivity index (χ3n) is 4.57. The maximum atomic E-state index is 12.2. The fourth-order valence-electron chi connectivity index (χ4n) is 3.26. The maximum absolute atomic E-state index is 12.2. The van der Waals surface area contributed by atoms with Crippen LogP contribution in [0.4, 0.5) is 5.69 Å². The van der Waals surface area contributed by atoms with Crippen LogP contribution in [0.2, 0.25) is 0 Å². The van der Waals surface area contributed by atoms with E-state index in [1.807, 2.05) is 43.6 Å². The molecule has 0 saturated heterocycles. The second kappa shape index (κ2) is 6.96. The molecule has 3 heterocycles. The van der Waals surface area contributed by atoms with Gasteiger partial charge in [-0.3, -0.25) is 9.78 Å². The lowest BCUT2D eigenvalue weighted by atomic mass is 9.94. The number of anilines is 1. The van der Waals surface area contributed by atoms with Crippen LogP contribution in [0.25, 0.3) is 11.1 Å². The predicted octanol–water partition coefficient (Wildman–Crippen LogP) is 3.63. The van der Waals surface area contributed by atoms with Crippen LogP contribution >= 0.6 is 0 Å². The maximum Gasteiger partial charge on any atom is 0.227 e. The number of amides is 1. The van der Waals surface area contributed by atoms with Crippen LogP contribution in [0.3, 0.4) is 0 Å². The van der Waals surface area contributed by atoms with Gasteiger partial charge in [0.2, 0.25) is 11.8 Å². The quantitative estimate of drug-likeness (QED) is 0.724. The molecular weight excluding hydrogens is 326 g/mol. The van der Waals surface area contributed by atoms with E-state index in [1.54, 1.807) is 17.3 Å². The van der Waals surface area contributed by atoms with Crippen LogP contribution in [0.1, 0.15) is 17.5 Å². The zero-order valence-electron chi connectivity index (χ0n) is 14.6. The third-order valence-corrected chi connectivity index (χ3v) is 4.57. The van der Waals surface area contributed by atoms with Gasteiger partial charge in [0.25, 0.3) is 0 Å². The van der Waals surface area contributed by atoms with Gasteiger partial charge in [-0.2, -0.15) is 0 Å². The molecule has 0 N–H and O–H groups in total. The van der Waals surface area contributed by atoms with Crippen molar-refractivity contribution < 1.29 is 9.53 Å². The van der Waals surface area contributed by atoms with Crippen LogP contribution in [-0.4, -0.2) is 22.9 Å². The van der Waals surface area contributed by atoms with E-state index < -0.39 is 0 Å². The molecule has 26 heavy (non-hydrogen) atoms. The second-order valence-corrected chi connectivity index (χ2v) is 6.30. The summed E-state index contributed by atoms with van der Waals surface area (Å²) in [4.78, 5) is 22.4. The lowest BCUT2D eigenvalue weighted by molar-refractivity contribution is -0.118. The summed E-state index contributed by atoms with van der Waals surface area (Å²) < 4.78 is 5.72. The summed E-state index contributed by atoms with van der Waals surface area (Å²) in [6.45, 7) is 0.391. The number of aryl methyl sites for hydroxylation is 1. The van der Waals surface area contributed by atoms with Crippen molar-refractivity contribution in [1.82, 2.24) is 9.97 Å². The summed E-state index contributed by atoms with van der Waals surface area (Å²) in [6, 6.07) is 13.8. The fraction of sp³-hybridized carbons (Fsp3) is 0.190. The Morgan fingerprint density at radius 3 is 2.88 bits per heavy atom. The van der Waals surface area contributed by atoms with Crippen LogP contribution < -0.4 is 9.64 Å². The normalized spacial score (nSPS) is 13.4. The molecule has 0 unspecified atom stereocenters. The highest BCUT2D eigenvalue weighted by atomic mass is 16.5. The number of ether oxygens (including phenoxy) is 1. The van der Waals surface area contributed by atoms with Crippen LogP contribution in [0.5, 0.6) is 5.88 Å². The van der Waals surface area contributed by atoms with Gasteiger partial charge < -0.3 is 9.64 Å². The third kappa shape index (κ3) is 3.16. The van der Waals surface area contributed by atoms with Crippen molar-refractivity contribution in [1.29, 1.82) is 0 Å². The van der Waals surface area contributed by atoms with Crippen LogP contribution in [0, 0.1) is 0 Å². The number of carbonyl (C=O) groups excluding carboxylic acids is 1. The fourth-order valence-corrected chi connectivity index (χ4v) is 3.26. The minimum absolute atomic E-state index is 0.146. The number of aromatic nitrogens is 2. The first-order chi connectivity index (χ1) is 12.7. The summed E-state index contributed by atoms with van der Waals surface area (Å²) in [6.07, 6.45) is 6.65. The molecule has 0 bridgehead atoms. The van der Waals surface area contributed by atoms with Gasteiger partial charge in [-0.1, -0.05) is 24.3 Å². The van der Waals surface area contributed by atoms with Crippen LogP contribution in [0.15, 0.2) is 61.1 Å². The first-order valence-corrected chi connectivity index (χ1v) is 8.59. The van der Waals surface area contributed by atoms with Crippen molar-refractivity contribution in [2.24, 2.45) is 0 Å². The molecule has 5 nitrogen and oxygen atoms in total. The van der Waals surface area contributed by atoms with Gasteiger partial charge in [-0.05, 0) is 24.1 Å². The molecule has 1 aliphatic rings. The van der Waals surface area contributed by atoms with Gasteiger partial charge in [-0.25, -0.2) is 4.98 Å². The van der Waals surface area contributed by atoms with E-state index in [0.717, 1.165) is 28.8 Å². The smallest absolute Gasteiger partial charge is 0.227 e. The number of benzene rings is 1. The van der Waals surface area contributed by atoms with E-state index in [4.69, 9.17) is 4.74 Å². The average Bonchev–Trinajstić information content (AvgIpc) is 2.70. The number of fused-ring (bicyclic) bond motifs is 1. The minimum atomic E-state index is 0.146. The van der Waals surface area contributed by atoms with E-state index in [-0.39, 0.29) is 5.91 Å². The summed E-state index contributed by atoms with van der Waals surface area (Å²) in [5.41, 5.74) is 5.12. The molecule has 2 aromatic heterocycles. The van der Waals surface area contributed by atoms with Gasteiger partial charge >= 0.3 is 0 Å². The predicted molar refractivity (Wildman–Crippen MR) is 100.0 cm³/mol. The number of para-hydroxylation sites is 1. The summed E-state index contributed by atoms with van der Waals surface area (Å²) in [5, 5.41) is 0. The van der Waals surface area contributed by atoms with Crippen molar-refractivity contribution in [2.45, 2.75) is 19.4 Å². The molecule has 0 saturated carbocycles. The number of carbonyl (C=O) groups is 1. The molecular formula is C21H19N3O2. The Morgan fingerprint density at radius 2 is 2.04 bits per heavy atom. The first kappa shape index (κ1) is 16.3. The Kier molecular flexibility index (Phi) is 4.35. The Morgan fingerprint density at radius 1 is 1.12 bits per heavy atom. The topological polar surface area (TPSA) is 55.3 Å². The Hall–Kier alpha value is -3.21. The van der Waals surface area contributed by atoms with E-state index in [0.29, 0.717) is 18.9 Å². The highest BCUT2D eigenvalue weighted by Gasteiger charge is 2.24. The highest BCUT2D eigenvalue weighted by molar-refractivity contribution is 6.00. The summed E-state index contributed by atoms with van der Waals surface area (Å²) in [7, 11) is 1.84. The van der Waals surface area contributed by atoms with Gasteiger partial charge in [-0.15, -0.1) is 0 Å². The number of hydrogen-bond acceptors (Lipinski definition) is 4. The monoisotopic (exact) mass is 345 g/mol. The first-order valence-electron chi connectivity index (χ1n) is 8.59. The van der Waals surface area contributed by atoms with E-state index in [2.05, 4.69) is 22.1 Å². The Balaban J connectivity index is 1.64. The van der Waals surface area contributed by atoms with Crippen molar-refractivity contribution in [3.63, 3.8) is 0 Å². The Bertz CT molecular complexity index is 941. The van der Waals surface area contributed by atoms with Crippen molar-refractivity contribution in [3.05, 3.63) is 72.2 Å². The summed E-state index contributed by atoms with van der Waals surface area (Å²) >= 11 is 0. The van der Waals surface area contributed by atoms with Crippen molar-refractivity contribution in [3.8, 4) is 17.0 Å². The lowest BCUT2D eigenvalue weighted by Gasteiger charge is -2.28. The molecule has 0 aliphatic carbocycles. The largest absolute Gasteiger partial charge is 0.473 e. The SMILES string of the molecule is CN1C(=O)CCc2cccc(-c3cncc(COc4ccccn4)c3)c21. The molecule has 0 spiro atoms. The number of hydrogen-bond donors (Lipinski definition) is 0. The van der Waals surface area contributed by atoms with Gasteiger partial charge in [0.1, 0.15) is 6.61 Å². The van der Waals surface area contributed by atoms with Crippen LogP contribution in [-0.2, 0) is 17.8 Å². The van der Waals surface area contributed by atoms with Gasteiger partial charge in [0.05, 0.1) is 5.69 Å². The molecule has 0 fully saturated rings. The zero-order valence-corrected chi connectivity index (χ0v) is 14.6. The molecule has 130 valence electrons.